The number of nitrogens with two attached hydrogens (primary N) is 1. The molecular weight excluding hydrogens is 284 g/mol. The smallest absolute Gasteiger partial charge is 0.287 e. The van der Waals surface area contributed by atoms with Gasteiger partial charge in [0.2, 0.25) is 0 Å². The maximum Gasteiger partial charge on any atom is 0.287 e. The Balaban J connectivity index is 1.79. The minimum absolute atomic E-state index is 0.0185. The number of amides is 1. The van der Waals surface area contributed by atoms with Crippen LogP contribution in [0.1, 0.15) is 35.4 Å². The molecule has 1 aromatic carbocycles. The van der Waals surface area contributed by atoms with Crippen LogP contribution in [0.3, 0.4) is 0 Å². The van der Waals surface area contributed by atoms with Crippen LogP contribution in [0.2, 0.25) is 0 Å². The molecule has 2 atom stereocenters. The summed E-state index contributed by atoms with van der Waals surface area (Å²) < 4.78 is 5.61. The van der Waals surface area contributed by atoms with Gasteiger partial charge in [-0.2, -0.15) is 0 Å². The zero-order valence-electron chi connectivity index (χ0n) is 11.9. The van der Waals surface area contributed by atoms with Gasteiger partial charge in [0.05, 0.1) is 4.99 Å². The number of furan rings is 1. The number of rotatable bonds is 3. The van der Waals surface area contributed by atoms with Crippen LogP contribution < -0.4 is 11.1 Å². The second kappa shape index (κ2) is 5.48. The van der Waals surface area contributed by atoms with Crippen LogP contribution in [0.4, 0.5) is 0 Å². The van der Waals surface area contributed by atoms with Crippen molar-refractivity contribution in [2.45, 2.75) is 32.2 Å². The first-order valence-corrected chi connectivity index (χ1v) is 7.56. The Bertz CT molecular complexity index is 707. The van der Waals surface area contributed by atoms with Crippen molar-refractivity contribution in [1.82, 2.24) is 5.32 Å². The van der Waals surface area contributed by atoms with Crippen molar-refractivity contribution in [3.8, 4) is 0 Å². The van der Waals surface area contributed by atoms with Crippen molar-refractivity contribution in [2.24, 2.45) is 11.7 Å². The van der Waals surface area contributed by atoms with E-state index < -0.39 is 0 Å². The summed E-state index contributed by atoms with van der Waals surface area (Å²) in [4.78, 5) is 12.8. The molecule has 0 radical (unpaired) electrons. The molecule has 0 aliphatic heterocycles. The Morgan fingerprint density at radius 2 is 2.19 bits per heavy atom. The van der Waals surface area contributed by atoms with E-state index in [4.69, 9.17) is 22.4 Å². The fourth-order valence-corrected chi connectivity index (χ4v) is 3.27. The first kappa shape index (κ1) is 14.1. The monoisotopic (exact) mass is 302 g/mol. The SMILES string of the molecule is Cc1ccc2oc(C(=O)NC3CCCC3C(N)=S)cc2c1. The molecule has 1 aromatic heterocycles. The molecule has 1 aliphatic rings. The maximum atomic E-state index is 12.3. The van der Waals surface area contributed by atoms with E-state index in [1.807, 2.05) is 25.1 Å². The number of thiocarbonyl (C=S) groups is 1. The van der Waals surface area contributed by atoms with E-state index in [1.165, 1.54) is 0 Å². The lowest BCUT2D eigenvalue weighted by Gasteiger charge is -2.19. The van der Waals surface area contributed by atoms with Crippen LogP contribution >= 0.6 is 12.2 Å². The molecule has 1 heterocycles. The lowest BCUT2D eigenvalue weighted by Crippen LogP contribution is -2.41. The average Bonchev–Trinajstić information content (AvgIpc) is 3.04. The second-order valence-electron chi connectivity index (χ2n) is 5.67. The van der Waals surface area contributed by atoms with E-state index in [9.17, 15) is 4.79 Å². The zero-order chi connectivity index (χ0) is 15.0. The topological polar surface area (TPSA) is 68.3 Å². The third-order valence-corrected chi connectivity index (χ3v) is 4.40. The molecule has 0 saturated heterocycles. The number of aryl methyl sites for hydroxylation is 1. The Labute approximate surface area is 128 Å². The van der Waals surface area contributed by atoms with E-state index in [1.54, 1.807) is 6.07 Å². The molecule has 1 fully saturated rings. The van der Waals surface area contributed by atoms with Crippen molar-refractivity contribution >= 4 is 34.1 Å². The molecule has 21 heavy (non-hydrogen) atoms. The van der Waals surface area contributed by atoms with Gasteiger partial charge in [-0.3, -0.25) is 4.79 Å². The fraction of sp³-hybridized carbons (Fsp3) is 0.375. The lowest BCUT2D eigenvalue weighted by molar-refractivity contribution is 0.0908. The van der Waals surface area contributed by atoms with Gasteiger partial charge in [-0.15, -0.1) is 0 Å². The summed E-state index contributed by atoms with van der Waals surface area (Å²) in [5.41, 5.74) is 7.60. The standard InChI is InChI=1S/C16H18N2O2S/c1-9-5-6-13-10(7-9)8-14(20-13)16(19)18-12-4-2-3-11(12)15(17)21/h5-8,11-12H,2-4H2,1H3,(H2,17,21)(H,18,19). The molecule has 3 rings (SSSR count). The minimum atomic E-state index is -0.197. The highest BCUT2D eigenvalue weighted by Crippen LogP contribution is 2.27. The summed E-state index contributed by atoms with van der Waals surface area (Å²) >= 11 is 5.07. The highest BCUT2D eigenvalue weighted by atomic mass is 32.1. The van der Waals surface area contributed by atoms with E-state index in [0.717, 1.165) is 35.8 Å². The summed E-state index contributed by atoms with van der Waals surface area (Å²) in [5.74, 6) is 0.233. The summed E-state index contributed by atoms with van der Waals surface area (Å²) in [6.07, 6.45) is 2.89. The third-order valence-electron chi connectivity index (χ3n) is 4.09. The quantitative estimate of drug-likeness (QED) is 0.855. The van der Waals surface area contributed by atoms with Crippen LogP contribution in [-0.4, -0.2) is 16.9 Å². The summed E-state index contributed by atoms with van der Waals surface area (Å²) in [6, 6.07) is 7.65. The summed E-state index contributed by atoms with van der Waals surface area (Å²) in [6.45, 7) is 2.01. The molecule has 4 nitrogen and oxygen atoms in total. The van der Waals surface area contributed by atoms with Crippen LogP contribution in [0, 0.1) is 12.8 Å². The van der Waals surface area contributed by atoms with Crippen molar-refractivity contribution in [3.63, 3.8) is 0 Å². The molecule has 2 aromatic rings. The highest BCUT2D eigenvalue weighted by Gasteiger charge is 2.31. The maximum absolute atomic E-state index is 12.3. The number of hydrogen-bond acceptors (Lipinski definition) is 3. The molecule has 3 N–H and O–H groups in total. The molecule has 1 saturated carbocycles. The van der Waals surface area contributed by atoms with Gasteiger partial charge in [0.1, 0.15) is 5.58 Å². The predicted octanol–water partition coefficient (Wildman–Crippen LogP) is 2.93. The molecule has 0 spiro atoms. The van der Waals surface area contributed by atoms with Gasteiger partial charge < -0.3 is 15.5 Å². The molecular formula is C16H18N2O2S. The zero-order valence-corrected chi connectivity index (χ0v) is 12.7. The number of carbonyl (C=O) groups excluding carboxylic acids is 1. The van der Waals surface area contributed by atoms with E-state index in [0.29, 0.717) is 10.7 Å². The van der Waals surface area contributed by atoms with Crippen LogP contribution in [0.15, 0.2) is 28.7 Å². The average molecular weight is 302 g/mol. The number of hydrogen-bond donors (Lipinski definition) is 2. The lowest BCUT2D eigenvalue weighted by atomic mass is 10.0. The second-order valence-corrected chi connectivity index (χ2v) is 6.14. The van der Waals surface area contributed by atoms with Crippen molar-refractivity contribution in [2.75, 3.05) is 0 Å². The number of carbonyl (C=O) groups is 1. The van der Waals surface area contributed by atoms with Crippen LogP contribution in [0.5, 0.6) is 0 Å². The van der Waals surface area contributed by atoms with Gasteiger partial charge >= 0.3 is 0 Å². The first-order chi connectivity index (χ1) is 10.0. The third kappa shape index (κ3) is 2.78. The predicted molar refractivity (Wildman–Crippen MR) is 86.3 cm³/mol. The fourth-order valence-electron chi connectivity index (χ4n) is 2.99. The Morgan fingerprint density at radius 1 is 1.38 bits per heavy atom. The number of benzene rings is 1. The molecule has 1 amide bonds. The molecule has 0 bridgehead atoms. The van der Waals surface area contributed by atoms with Gasteiger partial charge in [-0.05, 0) is 38.0 Å². The number of nitrogens with one attached hydrogen (secondary N) is 1. The van der Waals surface area contributed by atoms with Crippen molar-refractivity contribution < 1.29 is 9.21 Å². The van der Waals surface area contributed by atoms with E-state index in [-0.39, 0.29) is 17.9 Å². The molecule has 1 aliphatic carbocycles. The Hall–Kier alpha value is -1.88. The number of fused-ring (bicyclic) bond motifs is 1. The summed E-state index contributed by atoms with van der Waals surface area (Å²) in [5, 5.41) is 3.94. The van der Waals surface area contributed by atoms with E-state index >= 15 is 0 Å². The largest absolute Gasteiger partial charge is 0.451 e. The van der Waals surface area contributed by atoms with Crippen LogP contribution in [0.25, 0.3) is 11.0 Å². The van der Waals surface area contributed by atoms with Gasteiger partial charge in [0.15, 0.2) is 5.76 Å². The Kier molecular flexibility index (Phi) is 3.68. The normalized spacial score (nSPS) is 21.6. The van der Waals surface area contributed by atoms with Crippen molar-refractivity contribution in [3.05, 3.63) is 35.6 Å². The van der Waals surface area contributed by atoms with Gasteiger partial charge in [0.25, 0.3) is 5.91 Å². The molecule has 2 unspecified atom stereocenters. The van der Waals surface area contributed by atoms with Crippen LogP contribution in [-0.2, 0) is 0 Å². The van der Waals surface area contributed by atoms with E-state index in [2.05, 4.69) is 5.32 Å². The molecule has 5 heteroatoms. The van der Waals surface area contributed by atoms with Gasteiger partial charge in [-0.1, -0.05) is 30.3 Å². The Morgan fingerprint density at radius 3 is 2.95 bits per heavy atom. The van der Waals surface area contributed by atoms with Gasteiger partial charge in [0, 0.05) is 17.3 Å². The molecule has 110 valence electrons. The van der Waals surface area contributed by atoms with Gasteiger partial charge in [-0.25, -0.2) is 0 Å². The first-order valence-electron chi connectivity index (χ1n) is 7.15. The summed E-state index contributed by atoms with van der Waals surface area (Å²) in [7, 11) is 0. The van der Waals surface area contributed by atoms with Crippen molar-refractivity contribution in [1.29, 1.82) is 0 Å². The minimum Gasteiger partial charge on any atom is -0.451 e. The highest BCUT2D eigenvalue weighted by molar-refractivity contribution is 7.80.